The van der Waals surface area contributed by atoms with Gasteiger partial charge in [-0.25, -0.2) is 0 Å². The van der Waals surface area contributed by atoms with Gasteiger partial charge in [0.2, 0.25) is 6.10 Å². The van der Waals surface area contributed by atoms with Crippen molar-refractivity contribution < 1.29 is 19.1 Å². The van der Waals surface area contributed by atoms with E-state index in [-0.39, 0.29) is 5.97 Å². The number of rotatable bonds is 3. The van der Waals surface area contributed by atoms with Crippen LogP contribution in [0.1, 0.15) is 39.4 Å². The van der Waals surface area contributed by atoms with E-state index in [0.29, 0.717) is 11.3 Å². The van der Waals surface area contributed by atoms with Crippen LogP contribution in [-0.2, 0) is 14.3 Å². The summed E-state index contributed by atoms with van der Waals surface area (Å²) in [4.78, 5) is 22.6. The highest BCUT2D eigenvalue weighted by Gasteiger charge is 2.23. The van der Waals surface area contributed by atoms with Crippen molar-refractivity contribution in [2.24, 2.45) is 5.41 Å². The monoisotopic (exact) mass is 275 g/mol. The number of carbonyl (C=O) groups is 2. The van der Waals surface area contributed by atoms with Crippen LogP contribution in [-0.4, -0.2) is 11.9 Å². The van der Waals surface area contributed by atoms with E-state index < -0.39 is 17.5 Å². The maximum Gasteiger partial charge on any atom is 0.316 e. The van der Waals surface area contributed by atoms with E-state index >= 15 is 0 Å². The first kappa shape index (κ1) is 15.7. The van der Waals surface area contributed by atoms with E-state index in [9.17, 15) is 9.59 Å². The van der Waals surface area contributed by atoms with Crippen molar-refractivity contribution in [1.82, 2.24) is 0 Å². The fraction of sp³-hybridized carbons (Fsp3) is 0.400. The molecule has 1 aromatic carbocycles. The Morgan fingerprint density at radius 1 is 1.20 bits per heavy atom. The van der Waals surface area contributed by atoms with E-state index in [1.54, 1.807) is 45.0 Å². The average molecular weight is 275 g/mol. The molecule has 0 heterocycles. The average Bonchev–Trinajstić information content (AvgIpc) is 2.35. The van der Waals surface area contributed by atoms with E-state index in [1.807, 2.05) is 6.07 Å². The van der Waals surface area contributed by atoms with Crippen LogP contribution in [0.2, 0.25) is 0 Å². The highest BCUT2D eigenvalue weighted by molar-refractivity contribution is 5.77. The summed E-state index contributed by atoms with van der Waals surface area (Å²) in [6, 6.07) is 8.18. The molecule has 0 unspecified atom stereocenters. The molecule has 0 aliphatic heterocycles. The minimum absolute atomic E-state index is 0.345. The molecule has 5 nitrogen and oxygen atoms in total. The fourth-order valence-corrected chi connectivity index (χ4v) is 1.31. The molecule has 1 aromatic rings. The third-order valence-electron chi connectivity index (χ3n) is 2.41. The van der Waals surface area contributed by atoms with Gasteiger partial charge in [0.05, 0.1) is 5.41 Å². The van der Waals surface area contributed by atoms with Crippen molar-refractivity contribution in [3.8, 4) is 11.8 Å². The lowest BCUT2D eigenvalue weighted by Crippen LogP contribution is -2.25. The molecular formula is C15H17NO4. The number of benzene rings is 1. The maximum absolute atomic E-state index is 11.7. The van der Waals surface area contributed by atoms with Gasteiger partial charge in [-0.3, -0.25) is 9.59 Å². The second-order valence-corrected chi connectivity index (χ2v) is 5.33. The quantitative estimate of drug-likeness (QED) is 0.626. The number of nitrogens with zero attached hydrogens (tertiary/aromatic N) is 1. The van der Waals surface area contributed by atoms with Gasteiger partial charge in [0.25, 0.3) is 0 Å². The Kier molecular flexibility index (Phi) is 4.87. The summed E-state index contributed by atoms with van der Waals surface area (Å²) < 4.78 is 10.1. The molecule has 0 aliphatic rings. The second-order valence-electron chi connectivity index (χ2n) is 5.33. The highest BCUT2D eigenvalue weighted by Crippen LogP contribution is 2.23. The Bertz CT molecular complexity index is 534. The molecular weight excluding hydrogens is 258 g/mol. The van der Waals surface area contributed by atoms with E-state index in [4.69, 9.17) is 14.7 Å². The smallest absolute Gasteiger partial charge is 0.316 e. The molecule has 0 amide bonds. The van der Waals surface area contributed by atoms with Crippen molar-refractivity contribution in [2.45, 2.75) is 33.8 Å². The number of hydrogen-bond donors (Lipinski definition) is 0. The third-order valence-corrected chi connectivity index (χ3v) is 2.41. The summed E-state index contributed by atoms with van der Waals surface area (Å²) >= 11 is 0. The van der Waals surface area contributed by atoms with Crippen LogP contribution in [0.3, 0.4) is 0 Å². The summed E-state index contributed by atoms with van der Waals surface area (Å²) in [5, 5.41) is 8.94. The zero-order valence-electron chi connectivity index (χ0n) is 12.0. The molecule has 106 valence electrons. The Morgan fingerprint density at radius 3 is 2.15 bits per heavy atom. The van der Waals surface area contributed by atoms with Gasteiger partial charge in [0.15, 0.2) is 0 Å². The van der Waals surface area contributed by atoms with Crippen molar-refractivity contribution in [3.05, 3.63) is 29.8 Å². The third kappa shape index (κ3) is 4.39. The minimum Gasteiger partial charge on any atom is -0.442 e. The number of hydrogen-bond acceptors (Lipinski definition) is 5. The van der Waals surface area contributed by atoms with E-state index in [1.165, 1.54) is 6.92 Å². The zero-order valence-corrected chi connectivity index (χ0v) is 12.0. The van der Waals surface area contributed by atoms with Crippen LogP contribution in [0.25, 0.3) is 0 Å². The van der Waals surface area contributed by atoms with Crippen molar-refractivity contribution in [2.75, 3.05) is 0 Å². The lowest BCUT2D eigenvalue weighted by atomic mass is 9.97. The molecule has 0 saturated carbocycles. The highest BCUT2D eigenvalue weighted by atomic mass is 16.5. The van der Waals surface area contributed by atoms with Crippen molar-refractivity contribution in [1.29, 1.82) is 5.26 Å². The first-order valence-corrected chi connectivity index (χ1v) is 6.13. The van der Waals surface area contributed by atoms with Crippen LogP contribution in [0.5, 0.6) is 5.75 Å². The van der Waals surface area contributed by atoms with Gasteiger partial charge in [-0.15, -0.1) is 0 Å². The molecule has 0 aromatic heterocycles. The molecule has 20 heavy (non-hydrogen) atoms. The van der Waals surface area contributed by atoms with E-state index in [0.717, 1.165) is 0 Å². The molecule has 0 spiro atoms. The molecule has 0 fully saturated rings. The number of carbonyl (C=O) groups excluding carboxylic acids is 2. The molecule has 0 saturated heterocycles. The summed E-state index contributed by atoms with van der Waals surface area (Å²) in [5.74, 6) is -0.491. The van der Waals surface area contributed by atoms with Gasteiger partial charge in [-0.05, 0) is 32.9 Å². The Hall–Kier alpha value is -2.35. The van der Waals surface area contributed by atoms with Gasteiger partial charge >= 0.3 is 11.9 Å². The summed E-state index contributed by atoms with van der Waals surface area (Å²) in [6.45, 7) is 6.52. The van der Waals surface area contributed by atoms with Crippen molar-refractivity contribution >= 4 is 11.9 Å². The maximum atomic E-state index is 11.7. The summed E-state index contributed by atoms with van der Waals surface area (Å²) in [7, 11) is 0. The number of nitriles is 1. The predicted molar refractivity (Wildman–Crippen MR) is 71.7 cm³/mol. The molecule has 0 aliphatic carbocycles. The lowest BCUT2D eigenvalue weighted by Gasteiger charge is -2.16. The first-order valence-electron chi connectivity index (χ1n) is 6.13. The fourth-order valence-electron chi connectivity index (χ4n) is 1.31. The van der Waals surface area contributed by atoms with Crippen LogP contribution in [0.4, 0.5) is 0 Å². The number of ether oxygens (including phenoxy) is 2. The zero-order chi connectivity index (χ0) is 15.3. The number of esters is 2. The molecule has 1 rings (SSSR count). The Balaban J connectivity index is 2.81. The Labute approximate surface area is 118 Å². The molecule has 1 atom stereocenters. The van der Waals surface area contributed by atoms with Gasteiger partial charge in [0, 0.05) is 12.5 Å². The topological polar surface area (TPSA) is 76.4 Å². The molecule has 5 heteroatoms. The van der Waals surface area contributed by atoms with Gasteiger partial charge in [0.1, 0.15) is 11.8 Å². The van der Waals surface area contributed by atoms with Crippen LogP contribution in [0, 0.1) is 16.7 Å². The molecule has 0 N–H and O–H groups in total. The predicted octanol–water partition coefficient (Wildman–Crippen LogP) is 2.77. The largest absolute Gasteiger partial charge is 0.442 e. The first-order chi connectivity index (χ1) is 9.24. The Morgan fingerprint density at radius 2 is 1.75 bits per heavy atom. The molecule has 0 radical (unpaired) electrons. The SMILES string of the molecule is CC(=O)O[C@@H](C#N)c1ccc(OC(=O)C(C)(C)C)cc1. The van der Waals surface area contributed by atoms with Crippen LogP contribution in [0.15, 0.2) is 24.3 Å². The van der Waals surface area contributed by atoms with Crippen LogP contribution < -0.4 is 4.74 Å². The standard InChI is InChI=1S/C15H17NO4/c1-10(17)19-13(9-16)11-5-7-12(8-6-11)20-14(18)15(2,3)4/h5-8,13H,1-4H3/t13-/m0/s1. The summed E-state index contributed by atoms with van der Waals surface area (Å²) in [5.41, 5.74) is -0.0655. The van der Waals surface area contributed by atoms with Gasteiger partial charge < -0.3 is 9.47 Å². The normalized spacial score (nSPS) is 12.2. The lowest BCUT2D eigenvalue weighted by molar-refractivity contribution is -0.144. The van der Waals surface area contributed by atoms with E-state index in [2.05, 4.69) is 0 Å². The van der Waals surface area contributed by atoms with Gasteiger partial charge in [-0.1, -0.05) is 12.1 Å². The van der Waals surface area contributed by atoms with Crippen LogP contribution >= 0.6 is 0 Å². The second kappa shape index (κ2) is 6.20. The molecule has 0 bridgehead atoms. The summed E-state index contributed by atoms with van der Waals surface area (Å²) in [6.07, 6.45) is -0.958. The van der Waals surface area contributed by atoms with Crippen molar-refractivity contribution in [3.63, 3.8) is 0 Å². The van der Waals surface area contributed by atoms with Gasteiger partial charge in [-0.2, -0.15) is 5.26 Å². The minimum atomic E-state index is -0.958.